The third kappa shape index (κ3) is 4.14. The Bertz CT molecular complexity index is 1040. The van der Waals surface area contributed by atoms with Crippen molar-refractivity contribution in [2.75, 3.05) is 10.6 Å². The number of carbonyl (C=O) groups is 2. The molecule has 0 saturated carbocycles. The quantitative estimate of drug-likeness (QED) is 0.510. The van der Waals surface area contributed by atoms with E-state index in [1.165, 1.54) is 19.1 Å². The van der Waals surface area contributed by atoms with Gasteiger partial charge in [-0.05, 0) is 55.5 Å². The highest BCUT2D eigenvalue weighted by Crippen LogP contribution is 2.22. The molecular formula is C19H13F3N4O2. The molecule has 1 aromatic heterocycles. The molecule has 0 atom stereocenters. The second-order valence-corrected chi connectivity index (χ2v) is 5.74. The zero-order chi connectivity index (χ0) is 20.3. The van der Waals surface area contributed by atoms with Crippen molar-refractivity contribution < 1.29 is 22.8 Å². The normalized spacial score (nSPS) is 10.4. The van der Waals surface area contributed by atoms with Crippen LogP contribution >= 0.6 is 0 Å². The Labute approximate surface area is 157 Å². The molecule has 28 heavy (non-hydrogen) atoms. The maximum atomic E-state index is 13.7. The average molecular weight is 386 g/mol. The molecule has 0 aliphatic rings. The molecule has 0 fully saturated rings. The molecule has 2 N–H and O–H groups in total. The summed E-state index contributed by atoms with van der Waals surface area (Å²) in [5.74, 6) is -4.91. The van der Waals surface area contributed by atoms with Gasteiger partial charge in [0.25, 0.3) is 5.91 Å². The Morgan fingerprint density at radius 1 is 0.857 bits per heavy atom. The van der Waals surface area contributed by atoms with Crippen molar-refractivity contribution in [2.45, 2.75) is 6.92 Å². The summed E-state index contributed by atoms with van der Waals surface area (Å²) >= 11 is 0. The molecule has 0 saturated heterocycles. The van der Waals surface area contributed by atoms with Crippen molar-refractivity contribution >= 4 is 28.9 Å². The highest BCUT2D eigenvalue weighted by Gasteiger charge is 2.14. The lowest BCUT2D eigenvalue weighted by Gasteiger charge is -2.08. The van der Waals surface area contributed by atoms with Crippen LogP contribution in [-0.4, -0.2) is 21.9 Å². The summed E-state index contributed by atoms with van der Waals surface area (Å²) in [7, 11) is 0. The van der Waals surface area contributed by atoms with Crippen molar-refractivity contribution in [1.29, 1.82) is 0 Å². The summed E-state index contributed by atoms with van der Waals surface area (Å²) < 4.78 is 39.9. The Morgan fingerprint density at radius 3 is 2.18 bits per heavy atom. The van der Waals surface area contributed by atoms with E-state index in [1.807, 2.05) is 0 Å². The Morgan fingerprint density at radius 2 is 1.57 bits per heavy atom. The van der Waals surface area contributed by atoms with Crippen LogP contribution in [0.25, 0.3) is 0 Å². The summed E-state index contributed by atoms with van der Waals surface area (Å²) in [5, 5.41) is 12.5. The number of Topliss-reactive ketones (excluding diaryl/α,β-unsaturated/α-hetero) is 1. The first-order chi connectivity index (χ1) is 13.3. The van der Waals surface area contributed by atoms with Crippen LogP contribution in [0.4, 0.5) is 30.4 Å². The number of nitrogens with one attached hydrogen (secondary N) is 2. The van der Waals surface area contributed by atoms with Crippen LogP contribution in [0.5, 0.6) is 0 Å². The number of nitrogens with zero attached hydrogens (tertiary/aromatic N) is 2. The number of hydrogen-bond acceptors (Lipinski definition) is 5. The number of rotatable bonds is 5. The second kappa shape index (κ2) is 7.87. The molecule has 142 valence electrons. The highest BCUT2D eigenvalue weighted by atomic mass is 19.2. The average Bonchev–Trinajstić information content (AvgIpc) is 2.69. The highest BCUT2D eigenvalue weighted by molar-refractivity contribution is 6.03. The molecular weight excluding hydrogens is 373 g/mol. The van der Waals surface area contributed by atoms with Gasteiger partial charge in [0.05, 0.1) is 5.69 Å². The van der Waals surface area contributed by atoms with Crippen LogP contribution in [0.15, 0.2) is 48.5 Å². The predicted molar refractivity (Wildman–Crippen MR) is 96.0 cm³/mol. The van der Waals surface area contributed by atoms with Crippen LogP contribution in [0.1, 0.15) is 27.8 Å². The van der Waals surface area contributed by atoms with Gasteiger partial charge in [0, 0.05) is 11.3 Å². The lowest BCUT2D eigenvalue weighted by Crippen LogP contribution is -2.14. The minimum absolute atomic E-state index is 0.0213. The first kappa shape index (κ1) is 19.0. The molecule has 0 radical (unpaired) electrons. The van der Waals surface area contributed by atoms with Crippen molar-refractivity contribution in [2.24, 2.45) is 0 Å². The van der Waals surface area contributed by atoms with E-state index >= 15 is 0 Å². The van der Waals surface area contributed by atoms with Gasteiger partial charge >= 0.3 is 0 Å². The summed E-state index contributed by atoms with van der Waals surface area (Å²) in [4.78, 5) is 23.4. The largest absolute Gasteiger partial charge is 0.336 e. The first-order valence-electron chi connectivity index (χ1n) is 8.02. The molecule has 0 bridgehead atoms. The Hall–Kier alpha value is -3.75. The van der Waals surface area contributed by atoms with Crippen molar-refractivity contribution in [3.05, 3.63) is 77.2 Å². The standard InChI is InChI=1S/C19H13F3N4O2/c1-10(27)11-2-4-12(5-3-11)23-19(28)15-8-9-16(26-25-15)24-14-7-6-13(20)17(21)18(14)22/h2-9H,1H3,(H,23,28)(H,24,26). The van der Waals surface area contributed by atoms with Crippen LogP contribution in [0, 0.1) is 17.5 Å². The van der Waals surface area contributed by atoms with Gasteiger partial charge in [-0.25, -0.2) is 13.2 Å². The van der Waals surface area contributed by atoms with Gasteiger partial charge in [-0.2, -0.15) is 0 Å². The summed E-state index contributed by atoms with van der Waals surface area (Å²) in [6.45, 7) is 1.44. The molecule has 3 aromatic rings. The van der Waals surface area contributed by atoms with Crippen LogP contribution in [-0.2, 0) is 0 Å². The van der Waals surface area contributed by atoms with Crippen LogP contribution < -0.4 is 10.6 Å². The summed E-state index contributed by atoms with van der Waals surface area (Å²) in [5.41, 5.74) is 0.628. The monoisotopic (exact) mass is 386 g/mol. The van der Waals surface area contributed by atoms with Gasteiger partial charge in [-0.3, -0.25) is 9.59 Å². The fourth-order valence-electron chi connectivity index (χ4n) is 2.26. The third-order valence-electron chi connectivity index (χ3n) is 3.74. The van der Waals surface area contributed by atoms with Gasteiger partial charge in [-0.15, -0.1) is 10.2 Å². The van der Waals surface area contributed by atoms with E-state index in [0.29, 0.717) is 11.3 Å². The molecule has 1 amide bonds. The predicted octanol–water partition coefficient (Wildman–Crippen LogP) is 4.09. The van der Waals surface area contributed by atoms with E-state index in [4.69, 9.17) is 0 Å². The number of aromatic nitrogens is 2. The van der Waals surface area contributed by atoms with Crippen LogP contribution in [0.3, 0.4) is 0 Å². The van der Waals surface area contributed by atoms with E-state index in [0.717, 1.165) is 12.1 Å². The lowest BCUT2D eigenvalue weighted by atomic mass is 10.1. The molecule has 0 aliphatic carbocycles. The summed E-state index contributed by atoms with van der Waals surface area (Å²) in [6, 6.07) is 10.7. The van der Waals surface area contributed by atoms with E-state index in [9.17, 15) is 22.8 Å². The maximum absolute atomic E-state index is 13.7. The van der Waals surface area contributed by atoms with Crippen molar-refractivity contribution in [1.82, 2.24) is 10.2 Å². The fourth-order valence-corrected chi connectivity index (χ4v) is 2.26. The minimum atomic E-state index is -1.61. The zero-order valence-electron chi connectivity index (χ0n) is 14.5. The number of hydrogen-bond donors (Lipinski definition) is 2. The number of halogens is 3. The number of benzene rings is 2. The number of amides is 1. The van der Waals surface area contributed by atoms with E-state index < -0.39 is 23.4 Å². The van der Waals surface area contributed by atoms with Gasteiger partial charge in [0.2, 0.25) is 0 Å². The number of ketones is 1. The smallest absolute Gasteiger partial charge is 0.276 e. The van der Waals surface area contributed by atoms with E-state index in [-0.39, 0.29) is 23.0 Å². The molecule has 0 aliphatic heterocycles. The SMILES string of the molecule is CC(=O)c1ccc(NC(=O)c2ccc(Nc3ccc(F)c(F)c3F)nn2)cc1. The lowest BCUT2D eigenvalue weighted by molar-refractivity contribution is 0.101. The van der Waals surface area contributed by atoms with Crippen molar-refractivity contribution in [3.8, 4) is 0 Å². The number of anilines is 3. The zero-order valence-corrected chi connectivity index (χ0v) is 14.5. The van der Waals surface area contributed by atoms with E-state index in [1.54, 1.807) is 24.3 Å². The Balaban J connectivity index is 1.69. The Kier molecular flexibility index (Phi) is 5.35. The molecule has 0 unspecified atom stereocenters. The summed E-state index contributed by atoms with van der Waals surface area (Å²) in [6.07, 6.45) is 0. The van der Waals surface area contributed by atoms with Gasteiger partial charge in [0.15, 0.2) is 34.7 Å². The first-order valence-corrected chi connectivity index (χ1v) is 8.02. The van der Waals surface area contributed by atoms with Crippen molar-refractivity contribution in [3.63, 3.8) is 0 Å². The minimum Gasteiger partial charge on any atom is -0.336 e. The fraction of sp³-hybridized carbons (Fsp3) is 0.0526. The number of carbonyl (C=O) groups excluding carboxylic acids is 2. The van der Waals surface area contributed by atoms with Gasteiger partial charge in [0.1, 0.15) is 0 Å². The molecule has 2 aromatic carbocycles. The van der Waals surface area contributed by atoms with Gasteiger partial charge < -0.3 is 10.6 Å². The van der Waals surface area contributed by atoms with Crippen LogP contribution in [0.2, 0.25) is 0 Å². The van der Waals surface area contributed by atoms with Gasteiger partial charge in [-0.1, -0.05) is 0 Å². The van der Waals surface area contributed by atoms with E-state index in [2.05, 4.69) is 20.8 Å². The molecule has 1 heterocycles. The molecule has 3 rings (SSSR count). The topological polar surface area (TPSA) is 84.0 Å². The second-order valence-electron chi connectivity index (χ2n) is 5.74. The molecule has 6 nitrogen and oxygen atoms in total. The molecule has 0 spiro atoms. The molecule has 9 heteroatoms. The third-order valence-corrected chi connectivity index (χ3v) is 3.74. The maximum Gasteiger partial charge on any atom is 0.276 e.